The van der Waals surface area contributed by atoms with Crippen LogP contribution in [0, 0.1) is 11.3 Å². The number of hydrogen-bond acceptors (Lipinski definition) is 1. The summed E-state index contributed by atoms with van der Waals surface area (Å²) >= 11 is 6.24. The molecular weight excluding hydrogens is 256 g/mol. The maximum atomic E-state index is 10.9. The van der Waals surface area contributed by atoms with Crippen LogP contribution in [0.5, 0.6) is 0 Å². The fourth-order valence-electron chi connectivity index (χ4n) is 3.27. The van der Waals surface area contributed by atoms with Crippen LogP contribution in [0.3, 0.4) is 0 Å². The highest BCUT2D eigenvalue weighted by molar-refractivity contribution is 6.31. The second kappa shape index (κ2) is 5.46. The van der Waals surface area contributed by atoms with Gasteiger partial charge in [-0.05, 0) is 43.1 Å². The molecule has 1 N–H and O–H groups in total. The Bertz CT molecular complexity index is 431. The lowest BCUT2D eigenvalue weighted by Gasteiger charge is -2.43. The molecule has 0 aliphatic heterocycles. The molecule has 0 atom stereocenters. The summed E-state index contributed by atoms with van der Waals surface area (Å²) in [5, 5.41) is 11.6. The van der Waals surface area contributed by atoms with Gasteiger partial charge in [0.25, 0.3) is 0 Å². The summed E-state index contributed by atoms with van der Waals surface area (Å²) in [5.41, 5.74) is 0.560. The lowest BCUT2D eigenvalue weighted by molar-refractivity contribution is -0.0327. The summed E-state index contributed by atoms with van der Waals surface area (Å²) in [6.07, 6.45) is 5.02. The Morgan fingerprint density at radius 3 is 2.37 bits per heavy atom. The van der Waals surface area contributed by atoms with E-state index in [1.54, 1.807) is 0 Å². The van der Waals surface area contributed by atoms with Gasteiger partial charge in [-0.3, -0.25) is 0 Å². The first-order valence-corrected chi connectivity index (χ1v) is 7.74. The monoisotopic (exact) mass is 280 g/mol. The van der Waals surface area contributed by atoms with Crippen LogP contribution in [0.4, 0.5) is 0 Å². The Hall–Kier alpha value is -0.530. The highest BCUT2D eigenvalue weighted by Crippen LogP contribution is 2.47. The summed E-state index contributed by atoms with van der Waals surface area (Å²) in [7, 11) is 0. The minimum absolute atomic E-state index is 0.377. The van der Waals surface area contributed by atoms with Crippen LogP contribution >= 0.6 is 11.6 Å². The Morgan fingerprint density at radius 2 is 1.84 bits per heavy atom. The fourth-order valence-corrected chi connectivity index (χ4v) is 3.59. The third-order valence-electron chi connectivity index (χ3n) is 5.20. The molecule has 106 valence electrons. The van der Waals surface area contributed by atoms with Gasteiger partial charge in [0.05, 0.1) is 5.60 Å². The minimum atomic E-state index is -0.724. The van der Waals surface area contributed by atoms with E-state index in [0.29, 0.717) is 16.4 Å². The number of aliphatic hydroxyl groups is 1. The maximum Gasteiger partial charge on any atom is 0.0911 e. The highest BCUT2D eigenvalue weighted by atomic mass is 35.5. The predicted molar refractivity (Wildman–Crippen MR) is 81.4 cm³/mol. The summed E-state index contributed by atoms with van der Waals surface area (Å²) in [4.78, 5) is 0. The molecule has 0 amide bonds. The van der Waals surface area contributed by atoms with Crippen molar-refractivity contribution in [2.45, 2.75) is 58.5 Å². The minimum Gasteiger partial charge on any atom is -0.385 e. The Kier molecular flexibility index (Phi) is 4.27. The third-order valence-corrected chi connectivity index (χ3v) is 5.53. The molecule has 0 radical (unpaired) electrons. The second-order valence-electron chi connectivity index (χ2n) is 6.63. The Balaban J connectivity index is 2.13. The molecule has 2 heteroatoms. The normalized spacial score (nSPS) is 28.4. The lowest BCUT2D eigenvalue weighted by Crippen LogP contribution is -2.36. The van der Waals surface area contributed by atoms with E-state index in [1.165, 1.54) is 6.42 Å². The molecule has 1 aromatic carbocycles. The van der Waals surface area contributed by atoms with E-state index in [4.69, 9.17) is 11.6 Å². The highest BCUT2D eigenvalue weighted by Gasteiger charge is 2.40. The van der Waals surface area contributed by atoms with Crippen molar-refractivity contribution in [2.24, 2.45) is 11.3 Å². The van der Waals surface area contributed by atoms with Gasteiger partial charge in [-0.25, -0.2) is 0 Å². The van der Waals surface area contributed by atoms with Crippen LogP contribution in [0.1, 0.15) is 58.4 Å². The van der Waals surface area contributed by atoms with Crippen LogP contribution in [0.2, 0.25) is 5.02 Å². The summed E-state index contributed by atoms with van der Waals surface area (Å²) in [6, 6.07) is 7.72. The fraction of sp³-hybridized carbons (Fsp3) is 0.647. The quantitative estimate of drug-likeness (QED) is 0.811. The van der Waals surface area contributed by atoms with E-state index in [9.17, 15) is 5.11 Å². The molecule has 0 saturated heterocycles. The van der Waals surface area contributed by atoms with E-state index >= 15 is 0 Å². The molecule has 0 bridgehead atoms. The summed E-state index contributed by atoms with van der Waals surface area (Å²) in [6.45, 7) is 6.95. The molecule has 1 saturated carbocycles. The van der Waals surface area contributed by atoms with E-state index in [2.05, 4.69) is 20.8 Å². The average Bonchev–Trinajstić information content (AvgIpc) is 2.39. The van der Waals surface area contributed by atoms with Gasteiger partial charge in [0.15, 0.2) is 0 Å². The van der Waals surface area contributed by atoms with Crippen molar-refractivity contribution >= 4 is 11.6 Å². The Morgan fingerprint density at radius 1 is 1.26 bits per heavy atom. The van der Waals surface area contributed by atoms with Gasteiger partial charge in [0.1, 0.15) is 0 Å². The largest absolute Gasteiger partial charge is 0.385 e. The van der Waals surface area contributed by atoms with E-state index in [-0.39, 0.29) is 0 Å². The van der Waals surface area contributed by atoms with Gasteiger partial charge < -0.3 is 5.11 Å². The third kappa shape index (κ3) is 2.98. The maximum absolute atomic E-state index is 10.9. The number of hydrogen-bond donors (Lipinski definition) is 1. The second-order valence-corrected chi connectivity index (χ2v) is 7.04. The van der Waals surface area contributed by atoms with Crippen LogP contribution < -0.4 is 0 Å². The van der Waals surface area contributed by atoms with Crippen LogP contribution in [0.25, 0.3) is 0 Å². The van der Waals surface area contributed by atoms with E-state index in [1.807, 2.05) is 24.3 Å². The number of rotatable bonds is 3. The molecule has 19 heavy (non-hydrogen) atoms. The molecule has 1 aliphatic rings. The predicted octanol–water partition coefficient (Wildman–Crippen LogP) is 5.15. The first kappa shape index (κ1) is 14.9. The van der Waals surface area contributed by atoms with E-state index in [0.717, 1.165) is 31.2 Å². The van der Waals surface area contributed by atoms with Crippen molar-refractivity contribution in [3.05, 3.63) is 34.9 Å². The first-order chi connectivity index (χ1) is 8.89. The van der Waals surface area contributed by atoms with Crippen molar-refractivity contribution < 1.29 is 5.11 Å². The molecule has 0 spiro atoms. The van der Waals surface area contributed by atoms with Crippen molar-refractivity contribution in [3.8, 4) is 0 Å². The zero-order valence-corrected chi connectivity index (χ0v) is 13.0. The van der Waals surface area contributed by atoms with E-state index < -0.39 is 5.60 Å². The zero-order valence-electron chi connectivity index (χ0n) is 12.2. The van der Waals surface area contributed by atoms with Gasteiger partial charge in [0, 0.05) is 10.6 Å². The smallest absolute Gasteiger partial charge is 0.0911 e. The van der Waals surface area contributed by atoms with Gasteiger partial charge in [-0.1, -0.05) is 57.0 Å². The SMILES string of the molecule is CCC(C)(C)C1CCC(O)(c2ccccc2Cl)CC1. The average molecular weight is 281 g/mol. The lowest BCUT2D eigenvalue weighted by atomic mass is 9.65. The molecule has 0 unspecified atom stereocenters. The zero-order chi connectivity index (χ0) is 14.1. The molecule has 2 rings (SSSR count). The molecule has 0 heterocycles. The van der Waals surface area contributed by atoms with Crippen LogP contribution in [0.15, 0.2) is 24.3 Å². The van der Waals surface area contributed by atoms with Crippen molar-refractivity contribution in [1.29, 1.82) is 0 Å². The molecule has 0 aromatic heterocycles. The Labute approximate surface area is 122 Å². The number of halogens is 1. The van der Waals surface area contributed by atoms with Gasteiger partial charge in [-0.2, -0.15) is 0 Å². The standard InChI is InChI=1S/C17H25ClO/c1-4-16(2,3)13-9-11-17(19,12-10-13)14-7-5-6-8-15(14)18/h5-8,13,19H,4,9-12H2,1-3H3. The summed E-state index contributed by atoms with van der Waals surface area (Å²) in [5.74, 6) is 0.709. The van der Waals surface area contributed by atoms with Gasteiger partial charge in [0.2, 0.25) is 0 Å². The molecule has 1 aromatic rings. The molecule has 1 fully saturated rings. The van der Waals surface area contributed by atoms with Crippen molar-refractivity contribution in [3.63, 3.8) is 0 Å². The van der Waals surface area contributed by atoms with Gasteiger partial charge in [-0.15, -0.1) is 0 Å². The van der Waals surface area contributed by atoms with Gasteiger partial charge >= 0.3 is 0 Å². The molecule has 1 nitrogen and oxygen atoms in total. The molecular formula is C17H25ClO. The van der Waals surface area contributed by atoms with Crippen LogP contribution in [-0.4, -0.2) is 5.11 Å². The first-order valence-electron chi connectivity index (χ1n) is 7.36. The topological polar surface area (TPSA) is 20.2 Å². The van der Waals surface area contributed by atoms with Crippen molar-refractivity contribution in [2.75, 3.05) is 0 Å². The van der Waals surface area contributed by atoms with Crippen molar-refractivity contribution in [1.82, 2.24) is 0 Å². The number of benzene rings is 1. The summed E-state index contributed by atoms with van der Waals surface area (Å²) < 4.78 is 0. The van der Waals surface area contributed by atoms with Crippen LogP contribution in [-0.2, 0) is 5.60 Å². The molecule has 1 aliphatic carbocycles.